The number of hydrogen-bond donors (Lipinski definition) is 2. The molecular formula is C16H23N3O5. The topological polar surface area (TPSA) is 117 Å². The number of ether oxygens (including phenoxy) is 2. The molecule has 3 N–H and O–H groups in total. The number of rotatable bonds is 7. The Hall–Kier alpha value is -2.35. The van der Waals surface area contributed by atoms with E-state index in [1.807, 2.05) is 0 Å². The van der Waals surface area contributed by atoms with Crippen LogP contribution in [0.4, 0.5) is 5.69 Å². The fourth-order valence-corrected chi connectivity index (χ4v) is 3.07. The van der Waals surface area contributed by atoms with E-state index in [0.29, 0.717) is 18.9 Å². The summed E-state index contributed by atoms with van der Waals surface area (Å²) in [7, 11) is 1.39. The highest BCUT2D eigenvalue weighted by Gasteiger charge is 2.31. The van der Waals surface area contributed by atoms with Crippen LogP contribution >= 0.6 is 0 Å². The lowest BCUT2D eigenvalue weighted by molar-refractivity contribution is -0.385. The maximum atomic E-state index is 12.6. The second kappa shape index (κ2) is 7.96. The van der Waals surface area contributed by atoms with E-state index in [4.69, 9.17) is 15.2 Å². The summed E-state index contributed by atoms with van der Waals surface area (Å²) in [6.45, 7) is 2.62. The van der Waals surface area contributed by atoms with E-state index in [2.05, 4.69) is 5.32 Å². The smallest absolute Gasteiger partial charge is 0.286 e. The fraction of sp³-hybridized carbons (Fsp3) is 0.562. The maximum Gasteiger partial charge on any atom is 0.286 e. The van der Waals surface area contributed by atoms with Crippen LogP contribution in [0.3, 0.4) is 0 Å². The molecule has 0 spiro atoms. The van der Waals surface area contributed by atoms with Gasteiger partial charge in [0.2, 0.25) is 0 Å². The van der Waals surface area contributed by atoms with E-state index in [0.717, 1.165) is 19.3 Å². The average Bonchev–Trinajstić information content (AvgIpc) is 3.01. The van der Waals surface area contributed by atoms with Crippen LogP contribution in [0, 0.1) is 16.0 Å². The molecule has 1 aromatic carbocycles. The van der Waals surface area contributed by atoms with Gasteiger partial charge in [-0.3, -0.25) is 14.9 Å². The molecule has 0 heterocycles. The molecule has 1 amide bonds. The summed E-state index contributed by atoms with van der Waals surface area (Å²) in [5.41, 5.74) is 5.38. The van der Waals surface area contributed by atoms with Crippen LogP contribution in [-0.2, 0) is 0 Å². The van der Waals surface area contributed by atoms with E-state index in [1.54, 1.807) is 6.92 Å². The summed E-state index contributed by atoms with van der Waals surface area (Å²) in [5.74, 6) is 0.242. The normalized spacial score (nSPS) is 19.8. The van der Waals surface area contributed by atoms with Gasteiger partial charge < -0.3 is 20.5 Å². The molecule has 2 unspecified atom stereocenters. The number of carbonyl (C=O) groups is 1. The molecule has 2 rings (SSSR count). The average molecular weight is 337 g/mol. The van der Waals surface area contributed by atoms with E-state index in [-0.39, 0.29) is 29.0 Å². The highest BCUT2D eigenvalue weighted by Crippen LogP contribution is 2.35. The van der Waals surface area contributed by atoms with E-state index >= 15 is 0 Å². The van der Waals surface area contributed by atoms with Crippen molar-refractivity contribution in [3.05, 3.63) is 27.8 Å². The van der Waals surface area contributed by atoms with Crippen molar-refractivity contribution in [2.75, 3.05) is 20.3 Å². The third-order valence-electron chi connectivity index (χ3n) is 4.30. The molecule has 0 saturated heterocycles. The van der Waals surface area contributed by atoms with Crippen molar-refractivity contribution in [1.29, 1.82) is 0 Å². The maximum absolute atomic E-state index is 12.6. The molecule has 1 aromatic rings. The Labute approximate surface area is 140 Å². The Balaban J connectivity index is 2.33. The number of hydrogen-bond acceptors (Lipinski definition) is 6. The lowest BCUT2D eigenvalue weighted by atomic mass is 10.0. The molecule has 0 aromatic heterocycles. The first kappa shape index (κ1) is 18.0. The standard InChI is InChI=1S/C16H23N3O5/c1-3-24-15-7-11(13(19(21)22)8-14(15)23-2)16(20)18-12-6-4-5-10(12)9-17/h7-8,10,12H,3-6,9,17H2,1-2H3,(H,18,20). The van der Waals surface area contributed by atoms with Gasteiger partial charge in [0.25, 0.3) is 11.6 Å². The zero-order valence-corrected chi connectivity index (χ0v) is 13.9. The van der Waals surface area contributed by atoms with Crippen LogP contribution in [-0.4, -0.2) is 37.1 Å². The van der Waals surface area contributed by atoms with Crippen molar-refractivity contribution in [2.24, 2.45) is 11.7 Å². The summed E-state index contributed by atoms with van der Waals surface area (Å²) in [6, 6.07) is 2.52. The number of carbonyl (C=O) groups excluding carboxylic acids is 1. The highest BCUT2D eigenvalue weighted by molar-refractivity contribution is 5.99. The molecule has 0 radical (unpaired) electrons. The minimum Gasteiger partial charge on any atom is -0.493 e. The van der Waals surface area contributed by atoms with Crippen molar-refractivity contribution >= 4 is 11.6 Å². The molecule has 132 valence electrons. The number of amides is 1. The highest BCUT2D eigenvalue weighted by atomic mass is 16.6. The molecule has 0 bridgehead atoms. The molecular weight excluding hydrogens is 314 g/mol. The van der Waals surface area contributed by atoms with Crippen molar-refractivity contribution in [1.82, 2.24) is 5.32 Å². The molecule has 1 aliphatic rings. The van der Waals surface area contributed by atoms with Gasteiger partial charge >= 0.3 is 0 Å². The zero-order chi connectivity index (χ0) is 17.7. The zero-order valence-electron chi connectivity index (χ0n) is 13.9. The third-order valence-corrected chi connectivity index (χ3v) is 4.30. The SMILES string of the molecule is CCOc1cc(C(=O)NC2CCCC2CN)c([N+](=O)[O-])cc1OC. The van der Waals surface area contributed by atoms with Gasteiger partial charge in [-0.25, -0.2) is 0 Å². The van der Waals surface area contributed by atoms with Crippen LogP contribution in [0.15, 0.2) is 12.1 Å². The summed E-state index contributed by atoms with van der Waals surface area (Å²) in [4.78, 5) is 23.3. The van der Waals surface area contributed by atoms with Crippen molar-refractivity contribution in [3.8, 4) is 11.5 Å². The number of methoxy groups -OCH3 is 1. The van der Waals surface area contributed by atoms with Crippen molar-refractivity contribution < 1.29 is 19.2 Å². The van der Waals surface area contributed by atoms with Crippen molar-refractivity contribution in [3.63, 3.8) is 0 Å². The minimum absolute atomic E-state index is 0.0353. The number of nitro groups is 1. The summed E-state index contributed by atoms with van der Waals surface area (Å²) in [5, 5.41) is 14.2. The predicted molar refractivity (Wildman–Crippen MR) is 88.5 cm³/mol. The summed E-state index contributed by atoms with van der Waals surface area (Å²) < 4.78 is 10.5. The Bertz CT molecular complexity index is 620. The Morgan fingerprint density at radius 3 is 2.75 bits per heavy atom. The number of nitrogens with zero attached hydrogens (tertiary/aromatic N) is 1. The Morgan fingerprint density at radius 1 is 1.42 bits per heavy atom. The first-order valence-electron chi connectivity index (χ1n) is 8.01. The monoisotopic (exact) mass is 337 g/mol. The second-order valence-electron chi connectivity index (χ2n) is 5.72. The van der Waals surface area contributed by atoms with Gasteiger partial charge in [0.15, 0.2) is 11.5 Å². The number of nitrogens with two attached hydrogens (primary N) is 1. The van der Waals surface area contributed by atoms with Crippen LogP contribution in [0.5, 0.6) is 11.5 Å². The lowest BCUT2D eigenvalue weighted by Crippen LogP contribution is -2.40. The molecule has 1 saturated carbocycles. The fourth-order valence-electron chi connectivity index (χ4n) is 3.07. The number of nitrogens with one attached hydrogen (secondary N) is 1. The predicted octanol–water partition coefficient (Wildman–Crippen LogP) is 1.86. The quantitative estimate of drug-likeness (QED) is 0.579. The van der Waals surface area contributed by atoms with Crippen LogP contribution in [0.1, 0.15) is 36.5 Å². The Kier molecular flexibility index (Phi) is 5.97. The largest absolute Gasteiger partial charge is 0.493 e. The van der Waals surface area contributed by atoms with Gasteiger partial charge in [-0.2, -0.15) is 0 Å². The van der Waals surface area contributed by atoms with Gasteiger partial charge in [0.05, 0.1) is 24.7 Å². The van der Waals surface area contributed by atoms with Gasteiger partial charge in [-0.05, 0) is 32.2 Å². The molecule has 1 aliphatic carbocycles. The summed E-state index contributed by atoms with van der Waals surface area (Å²) in [6.07, 6.45) is 2.77. The van der Waals surface area contributed by atoms with E-state index in [1.165, 1.54) is 19.2 Å². The third kappa shape index (κ3) is 3.76. The molecule has 8 heteroatoms. The lowest BCUT2D eigenvalue weighted by Gasteiger charge is -2.20. The van der Waals surface area contributed by atoms with E-state index in [9.17, 15) is 14.9 Å². The molecule has 24 heavy (non-hydrogen) atoms. The second-order valence-corrected chi connectivity index (χ2v) is 5.72. The molecule has 2 atom stereocenters. The summed E-state index contributed by atoms with van der Waals surface area (Å²) >= 11 is 0. The van der Waals surface area contributed by atoms with Gasteiger partial charge in [0.1, 0.15) is 5.56 Å². The minimum atomic E-state index is -0.595. The molecule has 8 nitrogen and oxygen atoms in total. The first-order valence-corrected chi connectivity index (χ1v) is 8.01. The Morgan fingerprint density at radius 2 is 2.17 bits per heavy atom. The number of benzene rings is 1. The van der Waals surface area contributed by atoms with Crippen LogP contribution in [0.25, 0.3) is 0 Å². The van der Waals surface area contributed by atoms with E-state index < -0.39 is 10.8 Å². The molecule has 1 fully saturated rings. The number of nitro benzene ring substituents is 1. The van der Waals surface area contributed by atoms with Gasteiger partial charge in [0, 0.05) is 12.1 Å². The van der Waals surface area contributed by atoms with Crippen LogP contribution < -0.4 is 20.5 Å². The first-order chi connectivity index (χ1) is 11.5. The van der Waals surface area contributed by atoms with Crippen molar-refractivity contribution in [2.45, 2.75) is 32.2 Å². The van der Waals surface area contributed by atoms with Crippen LogP contribution in [0.2, 0.25) is 0 Å². The van der Waals surface area contributed by atoms with Gasteiger partial charge in [-0.15, -0.1) is 0 Å². The molecule has 0 aliphatic heterocycles. The van der Waals surface area contributed by atoms with Gasteiger partial charge in [-0.1, -0.05) is 6.42 Å².